The van der Waals surface area contributed by atoms with Crippen LogP contribution in [-0.4, -0.2) is 28.1 Å². The molecule has 0 saturated heterocycles. The highest BCUT2D eigenvalue weighted by Crippen LogP contribution is 2.42. The van der Waals surface area contributed by atoms with Crippen molar-refractivity contribution in [3.05, 3.63) is 41.0 Å². The van der Waals surface area contributed by atoms with E-state index in [0.717, 1.165) is 0 Å². The molecule has 1 heterocycles. The van der Waals surface area contributed by atoms with Gasteiger partial charge in [-0.2, -0.15) is 0 Å². The second kappa shape index (κ2) is 5.81. The molecule has 1 aromatic heterocycles. The van der Waals surface area contributed by atoms with Gasteiger partial charge < -0.3 is 0 Å². The highest BCUT2D eigenvalue weighted by atomic mass is 35.5. The Bertz CT molecular complexity index is 960. The molecule has 0 atom stereocenters. The first-order chi connectivity index (χ1) is 12.0. The van der Waals surface area contributed by atoms with Gasteiger partial charge in [-0.15, -0.1) is 0 Å². The largest absolute Gasteiger partial charge is 0.297 e. The van der Waals surface area contributed by atoms with E-state index in [-0.39, 0.29) is 5.56 Å². The third-order valence-corrected chi connectivity index (χ3v) is 5.44. The molecule has 0 aliphatic heterocycles. The predicted molar refractivity (Wildman–Crippen MR) is 97.2 cm³/mol. The third kappa shape index (κ3) is 2.42. The number of halogens is 1. The van der Waals surface area contributed by atoms with E-state index in [9.17, 15) is 19.2 Å². The van der Waals surface area contributed by atoms with Crippen molar-refractivity contribution in [1.82, 2.24) is 4.98 Å². The lowest BCUT2D eigenvalue weighted by atomic mass is 9.57. The molecule has 2 aromatic rings. The number of hydrogen-bond donors (Lipinski definition) is 0. The minimum Gasteiger partial charge on any atom is -0.297 e. The Kier molecular flexibility index (Phi) is 4.11. The molecule has 0 unspecified atom stereocenters. The quantitative estimate of drug-likeness (QED) is 0.596. The van der Waals surface area contributed by atoms with Crippen molar-refractivity contribution in [2.75, 3.05) is 0 Å². The second-order valence-electron chi connectivity index (χ2n) is 7.60. The molecule has 6 heteroatoms. The number of carbonyl (C=O) groups is 4. The molecule has 0 radical (unpaired) electrons. The van der Waals surface area contributed by atoms with Gasteiger partial charge in [0.1, 0.15) is 5.92 Å². The zero-order valence-electron chi connectivity index (χ0n) is 14.9. The standard InChI is InChI=1S/C20H18ClNO4/c1-19(2)16(24)13(17(25)20(3,4)18(19)26)15(23)11-7-8-12(21)14-10(11)6-5-9-22-14/h5-9,13H,1-4H3. The number of hydrogen-bond acceptors (Lipinski definition) is 5. The molecule has 0 spiro atoms. The molecular formula is C20H18ClNO4. The summed E-state index contributed by atoms with van der Waals surface area (Å²) in [7, 11) is 0. The van der Waals surface area contributed by atoms with Gasteiger partial charge in [-0.3, -0.25) is 24.2 Å². The van der Waals surface area contributed by atoms with Gasteiger partial charge in [0.05, 0.1) is 21.4 Å². The van der Waals surface area contributed by atoms with Gasteiger partial charge >= 0.3 is 0 Å². The van der Waals surface area contributed by atoms with Crippen molar-refractivity contribution < 1.29 is 19.2 Å². The van der Waals surface area contributed by atoms with E-state index in [4.69, 9.17) is 11.6 Å². The van der Waals surface area contributed by atoms with Crippen LogP contribution in [0.3, 0.4) is 0 Å². The summed E-state index contributed by atoms with van der Waals surface area (Å²) >= 11 is 6.13. The zero-order chi connectivity index (χ0) is 19.4. The number of carbonyl (C=O) groups excluding carboxylic acids is 4. The maximum absolute atomic E-state index is 13.2. The van der Waals surface area contributed by atoms with E-state index in [2.05, 4.69) is 4.98 Å². The minimum absolute atomic E-state index is 0.199. The average Bonchev–Trinajstić information content (AvgIpc) is 2.60. The van der Waals surface area contributed by atoms with Gasteiger partial charge in [0.2, 0.25) is 0 Å². The number of ketones is 4. The van der Waals surface area contributed by atoms with Crippen molar-refractivity contribution in [3.8, 4) is 0 Å². The first-order valence-electron chi connectivity index (χ1n) is 8.22. The van der Waals surface area contributed by atoms with Gasteiger partial charge in [-0.25, -0.2) is 0 Å². The Morgan fingerprint density at radius 1 is 1.00 bits per heavy atom. The number of fused-ring (bicyclic) bond motifs is 1. The lowest BCUT2D eigenvalue weighted by Crippen LogP contribution is -2.59. The Morgan fingerprint density at radius 3 is 2.15 bits per heavy atom. The molecule has 1 saturated carbocycles. The van der Waals surface area contributed by atoms with Crippen LogP contribution in [0.1, 0.15) is 38.1 Å². The van der Waals surface area contributed by atoms with Gasteiger partial charge in [-0.05, 0) is 45.9 Å². The average molecular weight is 372 g/mol. The number of benzene rings is 1. The third-order valence-electron chi connectivity index (χ3n) is 5.14. The number of Topliss-reactive ketones (excluding diaryl/α,β-unsaturated/α-hetero) is 4. The molecule has 1 aliphatic rings. The predicted octanol–water partition coefficient (Wildman–Crippen LogP) is 3.46. The lowest BCUT2D eigenvalue weighted by Gasteiger charge is -2.40. The van der Waals surface area contributed by atoms with Crippen LogP contribution in [0, 0.1) is 16.7 Å². The molecule has 0 N–H and O–H groups in total. The highest BCUT2D eigenvalue weighted by Gasteiger charge is 2.60. The van der Waals surface area contributed by atoms with Gasteiger partial charge in [0.25, 0.3) is 0 Å². The van der Waals surface area contributed by atoms with Crippen LogP contribution in [0.2, 0.25) is 5.02 Å². The smallest absolute Gasteiger partial charge is 0.181 e. The van der Waals surface area contributed by atoms with Gasteiger partial charge in [0.15, 0.2) is 23.1 Å². The van der Waals surface area contributed by atoms with Gasteiger partial charge in [-0.1, -0.05) is 17.7 Å². The summed E-state index contributed by atoms with van der Waals surface area (Å²) in [6, 6.07) is 6.33. The van der Waals surface area contributed by atoms with E-state index in [0.29, 0.717) is 15.9 Å². The Labute approximate surface area is 155 Å². The van der Waals surface area contributed by atoms with Crippen molar-refractivity contribution in [3.63, 3.8) is 0 Å². The fourth-order valence-corrected chi connectivity index (χ4v) is 3.81. The second-order valence-corrected chi connectivity index (χ2v) is 8.01. The molecule has 1 fully saturated rings. The first-order valence-corrected chi connectivity index (χ1v) is 8.60. The van der Waals surface area contributed by atoms with E-state index in [1.165, 1.54) is 39.8 Å². The molecule has 1 aliphatic carbocycles. The Balaban J connectivity index is 2.19. The highest BCUT2D eigenvalue weighted by molar-refractivity contribution is 6.39. The van der Waals surface area contributed by atoms with Crippen LogP contribution in [-0.2, 0) is 14.4 Å². The Hall–Kier alpha value is -2.40. The van der Waals surface area contributed by atoms with E-state index >= 15 is 0 Å². The fraction of sp³-hybridized carbons (Fsp3) is 0.350. The van der Waals surface area contributed by atoms with Gasteiger partial charge in [0, 0.05) is 17.1 Å². The molecular weight excluding hydrogens is 354 g/mol. The summed E-state index contributed by atoms with van der Waals surface area (Å²) < 4.78 is 0. The number of nitrogens with zero attached hydrogens (tertiary/aromatic N) is 1. The fourth-order valence-electron chi connectivity index (χ4n) is 3.59. The van der Waals surface area contributed by atoms with Crippen molar-refractivity contribution in [2.24, 2.45) is 16.7 Å². The Morgan fingerprint density at radius 2 is 1.58 bits per heavy atom. The summed E-state index contributed by atoms with van der Waals surface area (Å²) in [5, 5.41) is 0.840. The maximum atomic E-state index is 13.2. The summed E-state index contributed by atoms with van der Waals surface area (Å²) in [5.41, 5.74) is -2.19. The zero-order valence-corrected chi connectivity index (χ0v) is 15.7. The maximum Gasteiger partial charge on any atom is 0.181 e. The summed E-state index contributed by atoms with van der Waals surface area (Å²) in [6.07, 6.45) is 1.55. The summed E-state index contributed by atoms with van der Waals surface area (Å²) in [5.74, 6) is -3.93. The molecule has 3 rings (SSSR count). The normalized spacial score (nSPS) is 19.8. The van der Waals surface area contributed by atoms with Crippen LogP contribution < -0.4 is 0 Å². The van der Waals surface area contributed by atoms with Crippen LogP contribution in [0.4, 0.5) is 0 Å². The van der Waals surface area contributed by atoms with E-state index in [1.807, 2.05) is 0 Å². The van der Waals surface area contributed by atoms with Crippen molar-refractivity contribution in [1.29, 1.82) is 0 Å². The first kappa shape index (κ1) is 18.4. The van der Waals surface area contributed by atoms with Crippen LogP contribution in [0.5, 0.6) is 0 Å². The van der Waals surface area contributed by atoms with Crippen molar-refractivity contribution >= 4 is 45.6 Å². The van der Waals surface area contributed by atoms with Crippen molar-refractivity contribution in [2.45, 2.75) is 27.7 Å². The summed E-state index contributed by atoms with van der Waals surface area (Å²) in [6.45, 7) is 5.86. The van der Waals surface area contributed by atoms with E-state index < -0.39 is 39.9 Å². The van der Waals surface area contributed by atoms with Crippen LogP contribution in [0.25, 0.3) is 10.9 Å². The minimum atomic E-state index is -1.51. The number of pyridine rings is 1. The number of rotatable bonds is 2. The topological polar surface area (TPSA) is 81.2 Å². The van der Waals surface area contributed by atoms with Crippen LogP contribution >= 0.6 is 11.6 Å². The van der Waals surface area contributed by atoms with Crippen LogP contribution in [0.15, 0.2) is 30.5 Å². The molecule has 0 bridgehead atoms. The monoisotopic (exact) mass is 371 g/mol. The van der Waals surface area contributed by atoms with E-state index in [1.54, 1.807) is 18.3 Å². The summed E-state index contributed by atoms with van der Waals surface area (Å²) in [4.78, 5) is 55.7. The lowest BCUT2D eigenvalue weighted by molar-refractivity contribution is -0.158. The molecule has 134 valence electrons. The molecule has 1 aromatic carbocycles. The SMILES string of the molecule is CC1(C)C(=O)C(C(=O)c2ccc(Cl)c3ncccc23)C(=O)C(C)(C)C1=O. The number of aromatic nitrogens is 1. The molecule has 26 heavy (non-hydrogen) atoms. The molecule has 5 nitrogen and oxygen atoms in total. The molecule has 0 amide bonds.